The maximum atomic E-state index is 12.7. The molecule has 4 N–H and O–H groups in total. The van der Waals surface area contributed by atoms with Crippen LogP contribution in [-0.2, 0) is 22.8 Å². The lowest BCUT2D eigenvalue weighted by molar-refractivity contribution is -0.132. The number of carbonyl (C=O) groups excluding carboxylic acids is 3. The molecular formula is C48H62N4O11. The summed E-state index contributed by atoms with van der Waals surface area (Å²) < 4.78 is 32.9. The predicted molar refractivity (Wildman–Crippen MR) is 239 cm³/mol. The Balaban J connectivity index is 0.000000233. The van der Waals surface area contributed by atoms with Gasteiger partial charge in [-0.1, -0.05) is 74.5 Å². The number of piperidine rings is 2. The highest BCUT2D eigenvalue weighted by Gasteiger charge is 2.23. The van der Waals surface area contributed by atoms with Crippen molar-refractivity contribution in [3.05, 3.63) is 107 Å². The molecule has 4 aromatic carbocycles. The van der Waals surface area contributed by atoms with Crippen LogP contribution in [0.25, 0.3) is 0 Å². The van der Waals surface area contributed by atoms with Crippen molar-refractivity contribution in [2.75, 3.05) is 67.7 Å². The van der Waals surface area contributed by atoms with Crippen LogP contribution in [0.4, 0.5) is 0 Å². The maximum absolute atomic E-state index is 12.7. The SMILES string of the molecule is CC1CCN(C(=O)CN)CC1.COc1cc(C(=O)NCC(=O)N2CCC(C)CC2)cc(OC)c1OCc1ccccc1.COc1cc(C(=O)O)cc(OC)c1OCc1ccccc1. The van der Waals surface area contributed by atoms with Crippen LogP contribution in [0.2, 0.25) is 0 Å². The van der Waals surface area contributed by atoms with Crippen molar-refractivity contribution in [1.29, 1.82) is 0 Å². The number of carbonyl (C=O) groups is 4. The average molecular weight is 871 g/mol. The number of methoxy groups -OCH3 is 4. The first-order valence-corrected chi connectivity index (χ1v) is 21.0. The van der Waals surface area contributed by atoms with Gasteiger partial charge in [0.05, 0.1) is 47.1 Å². The molecule has 4 aromatic rings. The quantitative estimate of drug-likeness (QED) is 0.119. The summed E-state index contributed by atoms with van der Waals surface area (Å²) in [5.74, 6) is 2.24. The van der Waals surface area contributed by atoms with Crippen molar-refractivity contribution in [3.8, 4) is 34.5 Å². The monoisotopic (exact) mass is 870 g/mol. The number of hydrogen-bond donors (Lipinski definition) is 3. The number of ether oxygens (including phenoxy) is 6. The molecule has 2 saturated heterocycles. The topological polar surface area (TPSA) is 188 Å². The normalized spacial score (nSPS) is 13.8. The Kier molecular flexibility index (Phi) is 19.9. The Hall–Kier alpha value is -6.48. The Morgan fingerprint density at radius 1 is 0.603 bits per heavy atom. The fraction of sp³-hybridized carbons (Fsp3) is 0.417. The highest BCUT2D eigenvalue weighted by molar-refractivity contribution is 5.97. The van der Waals surface area contributed by atoms with E-state index >= 15 is 0 Å². The van der Waals surface area contributed by atoms with E-state index in [1.165, 1.54) is 40.6 Å². The third kappa shape index (κ3) is 15.1. The maximum Gasteiger partial charge on any atom is 0.335 e. The first-order chi connectivity index (χ1) is 30.4. The minimum Gasteiger partial charge on any atom is -0.493 e. The zero-order valence-electron chi connectivity index (χ0n) is 37.2. The number of nitrogens with two attached hydrogens (primary N) is 1. The number of likely N-dealkylation sites (tertiary alicyclic amines) is 2. The van der Waals surface area contributed by atoms with Crippen LogP contribution in [0.3, 0.4) is 0 Å². The Morgan fingerprint density at radius 3 is 1.32 bits per heavy atom. The molecule has 2 aliphatic rings. The summed E-state index contributed by atoms with van der Waals surface area (Å²) in [6.07, 6.45) is 4.26. The summed E-state index contributed by atoms with van der Waals surface area (Å²) in [6, 6.07) is 25.4. The number of amides is 3. The second kappa shape index (κ2) is 25.5. The first kappa shape index (κ1) is 49.2. The number of nitrogens with one attached hydrogen (secondary N) is 1. The fourth-order valence-electron chi connectivity index (χ4n) is 6.77. The molecule has 2 aliphatic heterocycles. The number of rotatable bonds is 15. The average Bonchev–Trinajstić information content (AvgIpc) is 3.32. The lowest BCUT2D eigenvalue weighted by atomic mass is 9.99. The zero-order valence-corrected chi connectivity index (χ0v) is 37.2. The predicted octanol–water partition coefficient (Wildman–Crippen LogP) is 6.46. The molecule has 2 fully saturated rings. The van der Waals surface area contributed by atoms with E-state index in [9.17, 15) is 19.2 Å². The largest absolute Gasteiger partial charge is 0.493 e. The molecule has 0 bridgehead atoms. The summed E-state index contributed by atoms with van der Waals surface area (Å²) in [5.41, 5.74) is 7.65. The molecule has 0 spiro atoms. The summed E-state index contributed by atoms with van der Waals surface area (Å²) in [6.45, 7) is 8.49. The molecule has 0 aliphatic carbocycles. The van der Waals surface area contributed by atoms with Gasteiger partial charge in [-0.05, 0) is 72.9 Å². The summed E-state index contributed by atoms with van der Waals surface area (Å²) in [5, 5.41) is 11.8. The number of carboxylic acid groups (broad SMARTS) is 1. The Morgan fingerprint density at radius 2 is 0.968 bits per heavy atom. The van der Waals surface area contributed by atoms with Gasteiger partial charge in [-0.3, -0.25) is 14.4 Å². The van der Waals surface area contributed by atoms with Gasteiger partial charge >= 0.3 is 5.97 Å². The van der Waals surface area contributed by atoms with E-state index < -0.39 is 5.97 Å². The molecule has 15 nitrogen and oxygen atoms in total. The molecule has 0 saturated carbocycles. The van der Waals surface area contributed by atoms with Crippen molar-refractivity contribution in [2.45, 2.75) is 52.7 Å². The van der Waals surface area contributed by atoms with Crippen molar-refractivity contribution in [2.24, 2.45) is 17.6 Å². The van der Waals surface area contributed by atoms with Gasteiger partial charge in [0.15, 0.2) is 23.0 Å². The second-order valence-electron chi connectivity index (χ2n) is 15.3. The molecule has 0 aromatic heterocycles. The van der Waals surface area contributed by atoms with E-state index in [1.54, 1.807) is 12.1 Å². The molecule has 63 heavy (non-hydrogen) atoms. The van der Waals surface area contributed by atoms with Gasteiger partial charge in [-0.25, -0.2) is 4.79 Å². The molecular weight excluding hydrogens is 809 g/mol. The summed E-state index contributed by atoms with van der Waals surface area (Å²) >= 11 is 0. The van der Waals surface area contributed by atoms with Crippen molar-refractivity contribution in [1.82, 2.24) is 15.1 Å². The van der Waals surface area contributed by atoms with Gasteiger partial charge in [-0.15, -0.1) is 0 Å². The van der Waals surface area contributed by atoms with E-state index in [0.717, 1.165) is 68.9 Å². The van der Waals surface area contributed by atoms with E-state index in [4.69, 9.17) is 39.3 Å². The number of hydrogen-bond acceptors (Lipinski definition) is 11. The molecule has 0 unspecified atom stereocenters. The van der Waals surface area contributed by atoms with E-state index in [2.05, 4.69) is 19.2 Å². The van der Waals surface area contributed by atoms with E-state index in [0.29, 0.717) is 59.2 Å². The first-order valence-electron chi connectivity index (χ1n) is 21.0. The van der Waals surface area contributed by atoms with Gasteiger partial charge in [-0.2, -0.15) is 0 Å². The van der Waals surface area contributed by atoms with Crippen molar-refractivity contribution >= 4 is 23.7 Å². The smallest absolute Gasteiger partial charge is 0.335 e. The standard InChI is InChI=1S/C24H30N2O5.C16H16O5.C8H16N2O/c1-17-9-11-26(12-10-17)22(27)15-25-24(28)19-13-20(29-2)23(21(14-19)30-3)31-16-18-7-5-4-6-8-18;1-19-13-8-12(16(17)18)9-14(20-2)15(13)21-10-11-6-4-3-5-7-11;1-7-2-4-10(5-3-7)8(11)6-9/h4-8,13-14,17H,9-12,15-16H2,1-3H3,(H,25,28);3-9H,10H2,1-2H3,(H,17,18);7H,2-6,9H2,1H3. The molecule has 0 radical (unpaired) electrons. The van der Waals surface area contributed by atoms with Gasteiger partial charge < -0.3 is 54.4 Å². The van der Waals surface area contributed by atoms with Crippen LogP contribution >= 0.6 is 0 Å². The lowest BCUT2D eigenvalue weighted by Crippen LogP contribution is -2.43. The van der Waals surface area contributed by atoms with E-state index in [1.807, 2.05) is 70.5 Å². The van der Waals surface area contributed by atoms with Gasteiger partial charge in [0.25, 0.3) is 5.91 Å². The third-order valence-electron chi connectivity index (χ3n) is 10.7. The number of carboxylic acids is 1. The number of benzene rings is 4. The molecule has 340 valence electrons. The number of nitrogens with zero attached hydrogens (tertiary/aromatic N) is 2. The number of aromatic carboxylic acids is 1. The van der Waals surface area contributed by atoms with Gasteiger partial charge in [0, 0.05) is 31.7 Å². The summed E-state index contributed by atoms with van der Waals surface area (Å²) in [4.78, 5) is 50.9. The van der Waals surface area contributed by atoms with Crippen LogP contribution in [0.15, 0.2) is 84.9 Å². The van der Waals surface area contributed by atoms with Crippen LogP contribution in [-0.4, -0.2) is 106 Å². The Labute approximate surface area is 370 Å². The molecule has 0 atom stereocenters. The van der Waals surface area contributed by atoms with Crippen molar-refractivity contribution in [3.63, 3.8) is 0 Å². The van der Waals surface area contributed by atoms with Gasteiger partial charge in [0.1, 0.15) is 13.2 Å². The highest BCUT2D eigenvalue weighted by Crippen LogP contribution is 2.40. The zero-order chi connectivity index (χ0) is 45.7. The fourth-order valence-corrected chi connectivity index (χ4v) is 6.77. The Bertz CT molecular complexity index is 2020. The lowest BCUT2D eigenvalue weighted by Gasteiger charge is -2.30. The third-order valence-corrected chi connectivity index (χ3v) is 10.7. The van der Waals surface area contributed by atoms with Crippen LogP contribution in [0.5, 0.6) is 34.5 Å². The van der Waals surface area contributed by atoms with Crippen LogP contribution < -0.4 is 39.5 Å². The summed E-state index contributed by atoms with van der Waals surface area (Å²) in [7, 11) is 5.92. The highest BCUT2D eigenvalue weighted by atomic mass is 16.5. The van der Waals surface area contributed by atoms with Crippen molar-refractivity contribution < 1.29 is 52.7 Å². The van der Waals surface area contributed by atoms with Gasteiger partial charge in [0.2, 0.25) is 23.3 Å². The molecule has 3 amide bonds. The minimum atomic E-state index is -1.05. The van der Waals surface area contributed by atoms with E-state index in [-0.39, 0.29) is 36.4 Å². The molecule has 6 rings (SSSR count). The van der Waals surface area contributed by atoms with Crippen LogP contribution in [0, 0.1) is 11.8 Å². The minimum absolute atomic E-state index is 0.0376. The van der Waals surface area contributed by atoms with Crippen LogP contribution in [0.1, 0.15) is 71.4 Å². The second-order valence-corrected chi connectivity index (χ2v) is 15.3. The molecule has 2 heterocycles. The molecule has 15 heteroatoms.